The lowest BCUT2D eigenvalue weighted by atomic mass is 9.78. The Hall–Kier alpha value is 0.150. The van der Waals surface area contributed by atoms with E-state index >= 15 is 0 Å². The van der Waals surface area contributed by atoms with Crippen LogP contribution in [0.2, 0.25) is 5.02 Å². The summed E-state index contributed by atoms with van der Waals surface area (Å²) >= 11 is 9.44. The molecule has 124 valence electrons. The van der Waals surface area contributed by atoms with E-state index in [1.807, 2.05) is 0 Å². The van der Waals surface area contributed by atoms with Crippen LogP contribution in [0.15, 0.2) is 27.6 Å². The standard InChI is InChI=1S/C14H18BrClN2O2S.ClH/c15-11-4-2-6-13(14(11)16)21(19,20)18-7-9-3-1-5-12(17)10(9)8-18;/h2,4,6,9-10,12H,1,3,5,7-8,17H2;1H. The quantitative estimate of drug-likeness (QED) is 0.784. The van der Waals surface area contributed by atoms with Crippen LogP contribution in [-0.2, 0) is 10.0 Å². The predicted octanol–water partition coefficient (Wildman–Crippen LogP) is 3.27. The fourth-order valence-corrected chi connectivity index (χ4v) is 6.03. The van der Waals surface area contributed by atoms with Gasteiger partial charge in [-0.2, -0.15) is 4.31 Å². The number of rotatable bonds is 2. The Morgan fingerprint density at radius 1 is 1.27 bits per heavy atom. The molecule has 1 saturated heterocycles. The highest BCUT2D eigenvalue weighted by atomic mass is 79.9. The monoisotopic (exact) mass is 428 g/mol. The number of sulfonamides is 1. The molecule has 3 atom stereocenters. The van der Waals surface area contributed by atoms with Crippen LogP contribution in [0.25, 0.3) is 0 Å². The molecule has 4 nitrogen and oxygen atoms in total. The molecule has 1 saturated carbocycles. The summed E-state index contributed by atoms with van der Waals surface area (Å²) in [6, 6.07) is 5.10. The summed E-state index contributed by atoms with van der Waals surface area (Å²) in [5.74, 6) is 0.661. The Labute approximate surface area is 151 Å². The molecule has 3 unspecified atom stereocenters. The molecule has 0 bridgehead atoms. The minimum atomic E-state index is -3.56. The molecule has 2 aliphatic rings. The van der Waals surface area contributed by atoms with Crippen LogP contribution in [0.4, 0.5) is 0 Å². The Kier molecular flexibility index (Phi) is 5.84. The summed E-state index contributed by atoms with van der Waals surface area (Å²) in [6.45, 7) is 1.07. The van der Waals surface area contributed by atoms with Crippen molar-refractivity contribution < 1.29 is 8.42 Å². The second-order valence-electron chi connectivity index (χ2n) is 5.89. The zero-order chi connectivity index (χ0) is 15.2. The number of hydrogen-bond donors (Lipinski definition) is 1. The van der Waals surface area contributed by atoms with E-state index in [1.165, 1.54) is 0 Å². The lowest BCUT2D eigenvalue weighted by molar-refractivity contribution is 0.260. The van der Waals surface area contributed by atoms with Crippen molar-refractivity contribution in [3.63, 3.8) is 0 Å². The smallest absolute Gasteiger partial charge is 0.244 e. The van der Waals surface area contributed by atoms with Crippen molar-refractivity contribution in [3.05, 3.63) is 27.7 Å². The summed E-state index contributed by atoms with van der Waals surface area (Å²) in [7, 11) is -3.56. The van der Waals surface area contributed by atoms with Gasteiger partial charge in [0.25, 0.3) is 0 Å². The topological polar surface area (TPSA) is 63.4 Å². The molecule has 0 radical (unpaired) electrons. The average molecular weight is 430 g/mol. The molecule has 1 aromatic rings. The number of halogens is 3. The van der Waals surface area contributed by atoms with Gasteiger partial charge in [-0.25, -0.2) is 8.42 Å². The number of hydrogen-bond acceptors (Lipinski definition) is 3. The molecule has 3 rings (SSSR count). The van der Waals surface area contributed by atoms with Crippen LogP contribution in [0.1, 0.15) is 19.3 Å². The van der Waals surface area contributed by atoms with Gasteiger partial charge < -0.3 is 5.73 Å². The first-order valence-corrected chi connectivity index (χ1v) is 9.72. The molecular formula is C14H19BrCl2N2O2S. The molecule has 2 N–H and O–H groups in total. The highest BCUT2D eigenvalue weighted by Gasteiger charge is 2.43. The molecule has 22 heavy (non-hydrogen) atoms. The highest BCUT2D eigenvalue weighted by Crippen LogP contribution is 2.39. The van der Waals surface area contributed by atoms with E-state index in [0.29, 0.717) is 23.5 Å². The average Bonchev–Trinajstić information content (AvgIpc) is 2.88. The first kappa shape index (κ1) is 18.5. The number of fused-ring (bicyclic) bond motifs is 1. The van der Waals surface area contributed by atoms with Crippen LogP contribution in [0.5, 0.6) is 0 Å². The van der Waals surface area contributed by atoms with Gasteiger partial charge in [0.05, 0.1) is 5.02 Å². The molecule has 0 amide bonds. The van der Waals surface area contributed by atoms with Gasteiger partial charge in [0.1, 0.15) is 4.90 Å². The maximum Gasteiger partial charge on any atom is 0.244 e. The molecule has 1 aliphatic carbocycles. The van der Waals surface area contributed by atoms with Gasteiger partial charge in [-0.05, 0) is 52.7 Å². The highest BCUT2D eigenvalue weighted by molar-refractivity contribution is 9.10. The van der Waals surface area contributed by atoms with E-state index in [0.717, 1.165) is 19.3 Å². The Morgan fingerprint density at radius 3 is 2.68 bits per heavy atom. The van der Waals surface area contributed by atoms with Gasteiger partial charge in [-0.15, -0.1) is 12.4 Å². The van der Waals surface area contributed by atoms with E-state index in [2.05, 4.69) is 15.9 Å². The van der Waals surface area contributed by atoms with Gasteiger partial charge in [-0.1, -0.05) is 24.1 Å². The van der Waals surface area contributed by atoms with Crippen LogP contribution >= 0.6 is 39.9 Å². The molecule has 2 fully saturated rings. The maximum absolute atomic E-state index is 12.8. The Balaban J connectivity index is 0.00000176. The summed E-state index contributed by atoms with van der Waals surface area (Å²) < 4.78 is 27.8. The van der Waals surface area contributed by atoms with Crippen molar-refractivity contribution in [3.8, 4) is 0 Å². The Morgan fingerprint density at radius 2 is 2.00 bits per heavy atom. The number of nitrogens with two attached hydrogens (primary N) is 1. The van der Waals surface area contributed by atoms with Gasteiger partial charge in [-0.3, -0.25) is 0 Å². The molecule has 0 aromatic heterocycles. The third-order valence-corrected chi connectivity index (χ3v) is 7.94. The summed E-state index contributed by atoms with van der Waals surface area (Å²) in [6.07, 6.45) is 3.15. The largest absolute Gasteiger partial charge is 0.327 e. The Bertz CT molecular complexity index is 656. The zero-order valence-corrected chi connectivity index (χ0v) is 15.9. The molecule has 0 spiro atoms. The minimum Gasteiger partial charge on any atom is -0.327 e. The van der Waals surface area contributed by atoms with Crippen molar-refractivity contribution in [2.24, 2.45) is 17.6 Å². The second-order valence-corrected chi connectivity index (χ2v) is 9.03. The second kappa shape index (κ2) is 6.95. The minimum absolute atomic E-state index is 0. The third-order valence-electron chi connectivity index (χ3n) is 4.65. The molecular weight excluding hydrogens is 411 g/mol. The zero-order valence-electron chi connectivity index (χ0n) is 11.9. The van der Waals surface area contributed by atoms with E-state index < -0.39 is 10.0 Å². The lowest BCUT2D eigenvalue weighted by Gasteiger charge is -2.29. The number of nitrogens with zero attached hydrogens (tertiary/aromatic N) is 1. The van der Waals surface area contributed by atoms with Crippen molar-refractivity contribution in [2.75, 3.05) is 13.1 Å². The molecule has 1 heterocycles. The van der Waals surface area contributed by atoms with Crippen molar-refractivity contribution >= 4 is 50.0 Å². The van der Waals surface area contributed by atoms with Gasteiger partial charge in [0, 0.05) is 23.6 Å². The van der Waals surface area contributed by atoms with Crippen molar-refractivity contribution in [1.82, 2.24) is 4.31 Å². The van der Waals surface area contributed by atoms with Crippen LogP contribution in [-0.4, -0.2) is 31.9 Å². The third kappa shape index (κ3) is 3.19. The predicted molar refractivity (Wildman–Crippen MR) is 94.0 cm³/mol. The normalized spacial score (nSPS) is 29.0. The molecule has 1 aromatic carbocycles. The van der Waals surface area contributed by atoms with Crippen molar-refractivity contribution in [2.45, 2.75) is 30.2 Å². The molecule has 8 heteroatoms. The van der Waals surface area contributed by atoms with E-state index in [-0.39, 0.29) is 34.3 Å². The van der Waals surface area contributed by atoms with E-state index in [4.69, 9.17) is 17.3 Å². The van der Waals surface area contributed by atoms with Gasteiger partial charge >= 0.3 is 0 Å². The van der Waals surface area contributed by atoms with Crippen LogP contribution in [0.3, 0.4) is 0 Å². The first-order valence-electron chi connectivity index (χ1n) is 7.11. The summed E-state index contributed by atoms with van der Waals surface area (Å²) in [5, 5.41) is 0.247. The van der Waals surface area contributed by atoms with E-state index in [1.54, 1.807) is 22.5 Å². The van der Waals surface area contributed by atoms with E-state index in [9.17, 15) is 8.42 Å². The number of benzene rings is 1. The summed E-state index contributed by atoms with van der Waals surface area (Å²) in [5.41, 5.74) is 6.16. The van der Waals surface area contributed by atoms with Crippen LogP contribution in [0, 0.1) is 11.8 Å². The SMILES string of the molecule is Cl.NC1CCCC2CN(S(=O)(=O)c3cccc(Br)c3Cl)CC12. The van der Waals surface area contributed by atoms with Crippen molar-refractivity contribution in [1.29, 1.82) is 0 Å². The fraction of sp³-hybridized carbons (Fsp3) is 0.571. The maximum atomic E-state index is 12.8. The summed E-state index contributed by atoms with van der Waals surface area (Å²) in [4.78, 5) is 0.172. The van der Waals surface area contributed by atoms with Gasteiger partial charge in [0.2, 0.25) is 10.0 Å². The first-order chi connectivity index (χ1) is 9.91. The lowest BCUT2D eigenvalue weighted by Crippen LogP contribution is -2.38. The van der Waals surface area contributed by atoms with Gasteiger partial charge in [0.15, 0.2) is 0 Å². The fourth-order valence-electron chi connectivity index (χ4n) is 3.49. The molecule has 1 aliphatic heterocycles. The van der Waals surface area contributed by atoms with Crippen LogP contribution < -0.4 is 5.73 Å².